The number of aryl methyl sites for hydroxylation is 2. The fraction of sp³-hybridized carbons (Fsp3) is 0.250. The summed E-state index contributed by atoms with van der Waals surface area (Å²) in [5, 5.41) is 7.33. The van der Waals surface area contributed by atoms with Crippen molar-refractivity contribution in [1.82, 2.24) is 19.6 Å². The molecule has 0 saturated carbocycles. The van der Waals surface area contributed by atoms with Crippen LogP contribution in [0.1, 0.15) is 17.0 Å². The highest BCUT2D eigenvalue weighted by Crippen LogP contribution is 2.27. The van der Waals surface area contributed by atoms with Gasteiger partial charge in [-0.05, 0) is 32.0 Å². The van der Waals surface area contributed by atoms with Gasteiger partial charge in [0.15, 0.2) is 0 Å². The number of nitrogens with one attached hydrogen (secondary N) is 1. The third kappa shape index (κ3) is 3.34. The topological polar surface area (TPSA) is 107 Å². The zero-order valence-electron chi connectivity index (χ0n) is 14.0. The molecular formula is C16H17ClN6O2. The number of hydrogen-bond donors (Lipinski definition) is 2. The highest BCUT2D eigenvalue weighted by molar-refractivity contribution is 6.32. The Labute approximate surface area is 149 Å². The molecule has 3 aromatic rings. The predicted octanol–water partition coefficient (Wildman–Crippen LogP) is 2.17. The number of carbonyl (C=O) groups is 1. The third-order valence-electron chi connectivity index (χ3n) is 3.84. The quantitative estimate of drug-likeness (QED) is 0.738. The summed E-state index contributed by atoms with van der Waals surface area (Å²) >= 11 is 6.07. The molecule has 3 rings (SSSR count). The van der Waals surface area contributed by atoms with Gasteiger partial charge in [-0.1, -0.05) is 11.6 Å². The number of carbonyl (C=O) groups excluding carboxylic acids is 1. The van der Waals surface area contributed by atoms with Crippen molar-refractivity contribution in [2.45, 2.75) is 20.3 Å². The fourth-order valence-corrected chi connectivity index (χ4v) is 2.85. The summed E-state index contributed by atoms with van der Waals surface area (Å²) in [6.45, 7) is 3.67. The number of nitrogens with zero attached hydrogens (tertiary/aromatic N) is 4. The molecule has 2 heterocycles. The minimum Gasteiger partial charge on any atom is -0.495 e. The molecule has 0 aliphatic heterocycles. The van der Waals surface area contributed by atoms with Gasteiger partial charge in [0.2, 0.25) is 11.9 Å². The summed E-state index contributed by atoms with van der Waals surface area (Å²) in [5.41, 5.74) is 8.46. The van der Waals surface area contributed by atoms with Gasteiger partial charge in [-0.2, -0.15) is 9.50 Å². The second kappa shape index (κ2) is 6.56. The lowest BCUT2D eigenvalue weighted by molar-refractivity contribution is -0.115. The van der Waals surface area contributed by atoms with Crippen molar-refractivity contribution in [3.05, 3.63) is 40.2 Å². The second-order valence-electron chi connectivity index (χ2n) is 5.52. The molecule has 9 heteroatoms. The number of halogens is 1. The van der Waals surface area contributed by atoms with Crippen LogP contribution in [0.4, 0.5) is 11.6 Å². The fourth-order valence-electron chi connectivity index (χ4n) is 2.59. The highest BCUT2D eigenvalue weighted by atomic mass is 35.5. The summed E-state index contributed by atoms with van der Waals surface area (Å²) < 4.78 is 6.63. The number of aromatic nitrogens is 4. The molecule has 0 radical (unpaired) electrons. The van der Waals surface area contributed by atoms with Crippen molar-refractivity contribution < 1.29 is 9.53 Å². The first kappa shape index (κ1) is 17.0. The number of fused-ring (bicyclic) bond motifs is 1. The maximum absolute atomic E-state index is 12.4. The van der Waals surface area contributed by atoms with Gasteiger partial charge in [0, 0.05) is 22.6 Å². The number of benzene rings is 1. The van der Waals surface area contributed by atoms with Crippen LogP contribution < -0.4 is 15.8 Å². The van der Waals surface area contributed by atoms with E-state index in [0.29, 0.717) is 27.9 Å². The molecule has 3 N–H and O–H groups in total. The lowest BCUT2D eigenvalue weighted by Crippen LogP contribution is -2.17. The number of rotatable bonds is 4. The van der Waals surface area contributed by atoms with E-state index in [0.717, 1.165) is 11.3 Å². The summed E-state index contributed by atoms with van der Waals surface area (Å²) in [4.78, 5) is 20.8. The van der Waals surface area contributed by atoms with Crippen molar-refractivity contribution >= 4 is 34.9 Å². The van der Waals surface area contributed by atoms with Crippen LogP contribution >= 0.6 is 11.6 Å². The van der Waals surface area contributed by atoms with Crippen molar-refractivity contribution in [3.8, 4) is 5.75 Å². The van der Waals surface area contributed by atoms with Gasteiger partial charge < -0.3 is 15.8 Å². The molecule has 0 bridgehead atoms. The van der Waals surface area contributed by atoms with E-state index in [1.54, 1.807) is 18.2 Å². The summed E-state index contributed by atoms with van der Waals surface area (Å²) in [6.07, 6.45) is 0.143. The van der Waals surface area contributed by atoms with Gasteiger partial charge in [0.05, 0.1) is 18.6 Å². The molecule has 1 aromatic carbocycles. The van der Waals surface area contributed by atoms with Crippen LogP contribution in [0.3, 0.4) is 0 Å². The Hall–Kier alpha value is -2.87. The van der Waals surface area contributed by atoms with Gasteiger partial charge in [0.25, 0.3) is 5.78 Å². The first-order valence-electron chi connectivity index (χ1n) is 7.50. The maximum Gasteiger partial charge on any atom is 0.254 e. The van der Waals surface area contributed by atoms with Crippen LogP contribution in [0.5, 0.6) is 5.75 Å². The van der Waals surface area contributed by atoms with Crippen LogP contribution in [-0.4, -0.2) is 32.6 Å². The molecule has 0 aliphatic rings. The Morgan fingerprint density at radius 2 is 2.12 bits per heavy atom. The second-order valence-corrected chi connectivity index (χ2v) is 5.92. The molecule has 130 valence electrons. The zero-order chi connectivity index (χ0) is 18.1. The summed E-state index contributed by atoms with van der Waals surface area (Å²) in [6, 6.07) is 5.06. The van der Waals surface area contributed by atoms with Gasteiger partial charge in [-0.3, -0.25) is 4.79 Å². The third-order valence-corrected chi connectivity index (χ3v) is 4.13. The Morgan fingerprint density at radius 3 is 2.80 bits per heavy atom. The van der Waals surface area contributed by atoms with Gasteiger partial charge in [-0.25, -0.2) is 4.98 Å². The van der Waals surface area contributed by atoms with E-state index in [1.165, 1.54) is 11.6 Å². The normalized spacial score (nSPS) is 10.9. The molecule has 0 atom stereocenters. The van der Waals surface area contributed by atoms with Crippen molar-refractivity contribution in [3.63, 3.8) is 0 Å². The molecule has 0 spiro atoms. The average Bonchev–Trinajstić information content (AvgIpc) is 2.92. The smallest absolute Gasteiger partial charge is 0.254 e. The lowest BCUT2D eigenvalue weighted by atomic mass is 10.1. The number of nitrogens with two attached hydrogens (primary N) is 1. The number of anilines is 2. The Balaban J connectivity index is 1.83. The summed E-state index contributed by atoms with van der Waals surface area (Å²) in [5.74, 6) is 0.912. The first-order chi connectivity index (χ1) is 11.9. The van der Waals surface area contributed by atoms with Gasteiger partial charge in [-0.15, -0.1) is 5.10 Å². The maximum atomic E-state index is 12.4. The largest absolute Gasteiger partial charge is 0.495 e. The van der Waals surface area contributed by atoms with E-state index in [4.69, 9.17) is 22.1 Å². The lowest BCUT2D eigenvalue weighted by Gasteiger charge is -2.11. The average molecular weight is 361 g/mol. The van der Waals surface area contributed by atoms with Crippen molar-refractivity contribution in [2.75, 3.05) is 18.2 Å². The molecule has 1 amide bonds. The molecule has 0 fully saturated rings. The van der Waals surface area contributed by atoms with Crippen LogP contribution in [0.25, 0.3) is 5.78 Å². The van der Waals surface area contributed by atoms with E-state index < -0.39 is 0 Å². The van der Waals surface area contributed by atoms with Gasteiger partial charge in [0.1, 0.15) is 5.75 Å². The number of methoxy groups -OCH3 is 1. The number of nitrogen functional groups attached to an aromatic ring is 1. The number of hydrogen-bond acceptors (Lipinski definition) is 6. The molecular weight excluding hydrogens is 344 g/mol. The monoisotopic (exact) mass is 360 g/mol. The van der Waals surface area contributed by atoms with E-state index >= 15 is 0 Å². The molecule has 25 heavy (non-hydrogen) atoms. The Kier molecular flexibility index (Phi) is 4.45. The van der Waals surface area contributed by atoms with Gasteiger partial charge >= 0.3 is 0 Å². The van der Waals surface area contributed by atoms with E-state index in [1.807, 2.05) is 13.8 Å². The van der Waals surface area contributed by atoms with Crippen molar-refractivity contribution in [2.24, 2.45) is 0 Å². The Morgan fingerprint density at radius 1 is 1.36 bits per heavy atom. The van der Waals surface area contributed by atoms with E-state index in [-0.39, 0.29) is 18.3 Å². The molecule has 2 aromatic heterocycles. The number of ether oxygens (including phenoxy) is 1. The van der Waals surface area contributed by atoms with E-state index in [2.05, 4.69) is 20.4 Å². The molecule has 8 nitrogen and oxygen atoms in total. The number of amides is 1. The molecule has 0 unspecified atom stereocenters. The SMILES string of the molecule is COc1ccc(NC(=O)Cc2c(C)nc3nc(N)nn3c2C)cc1Cl. The Bertz CT molecular complexity index is 969. The highest BCUT2D eigenvalue weighted by Gasteiger charge is 2.16. The zero-order valence-corrected chi connectivity index (χ0v) is 14.8. The minimum atomic E-state index is -0.193. The van der Waals surface area contributed by atoms with Crippen LogP contribution in [-0.2, 0) is 11.2 Å². The summed E-state index contributed by atoms with van der Waals surface area (Å²) in [7, 11) is 1.53. The first-order valence-corrected chi connectivity index (χ1v) is 7.88. The minimum absolute atomic E-state index is 0.143. The van der Waals surface area contributed by atoms with Crippen LogP contribution in [0.2, 0.25) is 5.02 Å². The van der Waals surface area contributed by atoms with E-state index in [9.17, 15) is 4.79 Å². The van der Waals surface area contributed by atoms with Crippen LogP contribution in [0, 0.1) is 13.8 Å². The molecule has 0 aliphatic carbocycles. The molecule has 0 saturated heterocycles. The standard InChI is InChI=1S/C16H17ClN6O2/c1-8-11(9(2)23-16(19-8)21-15(18)22-23)7-14(24)20-10-4-5-13(25-3)12(17)6-10/h4-6H,7H2,1-3H3,(H2,18,22)(H,20,24). The van der Waals surface area contributed by atoms with Crippen LogP contribution in [0.15, 0.2) is 18.2 Å². The van der Waals surface area contributed by atoms with Crippen molar-refractivity contribution in [1.29, 1.82) is 0 Å². The predicted molar refractivity (Wildman–Crippen MR) is 95.0 cm³/mol.